The molecule has 0 aliphatic heterocycles. The van der Waals surface area contributed by atoms with E-state index in [9.17, 15) is 18.9 Å². The van der Waals surface area contributed by atoms with Crippen molar-refractivity contribution in [3.8, 4) is 0 Å². The van der Waals surface area contributed by atoms with Crippen molar-refractivity contribution in [1.82, 2.24) is 0 Å². The summed E-state index contributed by atoms with van der Waals surface area (Å²) in [7, 11) is -5.84. The average molecular weight is 306 g/mol. The van der Waals surface area contributed by atoms with E-state index in [-0.39, 0.29) is 6.61 Å². The minimum absolute atomic E-state index is 0.120. The molecule has 0 saturated carbocycles. The average Bonchev–Trinajstić information content (AvgIpc) is 2.15. The third-order valence-corrected chi connectivity index (χ3v) is 3.36. The van der Waals surface area contributed by atoms with Crippen LogP contribution in [0.25, 0.3) is 0 Å². The van der Waals surface area contributed by atoms with E-state index in [1.807, 2.05) is 0 Å². The van der Waals surface area contributed by atoms with Crippen LogP contribution in [0.15, 0.2) is 0 Å². The normalized spacial score (nSPS) is 18.2. The number of phosphoric acid groups is 2. The van der Waals surface area contributed by atoms with Gasteiger partial charge in [0.05, 0.1) is 12.2 Å². The van der Waals surface area contributed by atoms with Crippen LogP contribution in [-0.4, -0.2) is 26.4 Å². The first-order valence-corrected chi connectivity index (χ1v) is 7.90. The maximum absolute atomic E-state index is 10.6. The first-order valence-electron chi connectivity index (χ1n) is 4.98. The summed E-state index contributed by atoms with van der Waals surface area (Å²) in [6.45, 7) is 6.60. The van der Waals surface area contributed by atoms with Crippen LogP contribution >= 0.6 is 15.6 Å². The second-order valence-electron chi connectivity index (χ2n) is 3.88. The standard InChI is InChI=1S/C5H13O4P.C3H9O4P/c1-5(2,3)9-10(6,7)8-4;1-3-7-8(4,5)6-2/h1-4H3,(H,6,7);3H2,1-2H3,(H,4,5)/p-2. The highest BCUT2D eigenvalue weighted by molar-refractivity contribution is 7.46. The summed E-state index contributed by atoms with van der Waals surface area (Å²) in [5, 5.41) is 0. The molecule has 112 valence electrons. The van der Waals surface area contributed by atoms with E-state index in [2.05, 4.69) is 18.1 Å². The predicted molar refractivity (Wildman–Crippen MR) is 61.7 cm³/mol. The van der Waals surface area contributed by atoms with E-state index in [1.165, 1.54) is 0 Å². The van der Waals surface area contributed by atoms with E-state index >= 15 is 0 Å². The van der Waals surface area contributed by atoms with Gasteiger partial charge in [0.2, 0.25) is 0 Å². The van der Waals surface area contributed by atoms with Crippen molar-refractivity contribution < 1.29 is 37.0 Å². The van der Waals surface area contributed by atoms with Crippen LogP contribution in [-0.2, 0) is 27.2 Å². The Morgan fingerprint density at radius 3 is 1.50 bits per heavy atom. The molecule has 0 aromatic rings. The second kappa shape index (κ2) is 8.40. The van der Waals surface area contributed by atoms with Gasteiger partial charge >= 0.3 is 0 Å². The van der Waals surface area contributed by atoms with Gasteiger partial charge in [0.25, 0.3) is 15.6 Å². The first-order chi connectivity index (χ1) is 7.89. The highest BCUT2D eigenvalue weighted by Crippen LogP contribution is 2.41. The molecule has 0 aliphatic rings. The van der Waals surface area contributed by atoms with Gasteiger partial charge in [0.1, 0.15) is 0 Å². The van der Waals surface area contributed by atoms with Crippen molar-refractivity contribution in [1.29, 1.82) is 0 Å². The first kappa shape index (κ1) is 20.5. The molecule has 0 aliphatic carbocycles. The number of hydrogen-bond donors (Lipinski definition) is 0. The van der Waals surface area contributed by atoms with Crippen molar-refractivity contribution in [2.24, 2.45) is 0 Å². The zero-order valence-electron chi connectivity index (χ0n) is 11.4. The molecule has 0 aromatic carbocycles. The fourth-order valence-electron chi connectivity index (χ4n) is 0.583. The topological polar surface area (TPSA) is 117 Å². The molecule has 0 saturated heterocycles. The molecule has 2 atom stereocenters. The maximum atomic E-state index is 10.6. The van der Waals surface area contributed by atoms with Gasteiger partial charge in [-0.3, -0.25) is 9.13 Å². The van der Waals surface area contributed by atoms with Gasteiger partial charge < -0.3 is 27.9 Å². The van der Waals surface area contributed by atoms with E-state index in [4.69, 9.17) is 0 Å². The predicted octanol–water partition coefficient (Wildman–Crippen LogP) is 1.05. The van der Waals surface area contributed by atoms with Crippen molar-refractivity contribution >= 4 is 15.6 Å². The number of hydrogen-bond acceptors (Lipinski definition) is 8. The molecule has 0 fully saturated rings. The van der Waals surface area contributed by atoms with Gasteiger partial charge in [-0.05, 0) is 27.7 Å². The zero-order chi connectivity index (χ0) is 15.0. The Morgan fingerprint density at radius 1 is 1.00 bits per heavy atom. The fraction of sp³-hybridized carbons (Fsp3) is 1.00. The SMILES string of the molecule is CCOP(=O)([O-])OC.COP(=O)([O-])OC(C)(C)C. The van der Waals surface area contributed by atoms with Crippen LogP contribution in [0.2, 0.25) is 0 Å². The summed E-state index contributed by atoms with van der Waals surface area (Å²) >= 11 is 0. The van der Waals surface area contributed by atoms with E-state index in [0.717, 1.165) is 14.2 Å². The van der Waals surface area contributed by atoms with Crippen molar-refractivity contribution in [3.05, 3.63) is 0 Å². The van der Waals surface area contributed by atoms with Crippen molar-refractivity contribution in [3.63, 3.8) is 0 Å². The van der Waals surface area contributed by atoms with E-state index in [1.54, 1.807) is 27.7 Å². The fourth-order valence-corrected chi connectivity index (χ4v) is 1.75. The number of rotatable bonds is 5. The molecule has 0 radical (unpaired) electrons. The van der Waals surface area contributed by atoms with Gasteiger partial charge in [-0.25, -0.2) is 0 Å². The van der Waals surface area contributed by atoms with E-state index in [0.29, 0.717) is 0 Å². The summed E-state index contributed by atoms with van der Waals surface area (Å²) in [5.41, 5.74) is -0.715. The molecule has 0 N–H and O–H groups in total. The Morgan fingerprint density at radius 2 is 1.39 bits per heavy atom. The Kier molecular flexibility index (Phi) is 9.59. The third-order valence-electron chi connectivity index (χ3n) is 1.12. The van der Waals surface area contributed by atoms with Gasteiger partial charge in [-0.1, -0.05) is 0 Å². The summed E-state index contributed by atoms with van der Waals surface area (Å²) in [6, 6.07) is 0. The lowest BCUT2D eigenvalue weighted by Crippen LogP contribution is -2.21. The summed E-state index contributed by atoms with van der Waals surface area (Å²) < 4.78 is 37.5. The molecule has 0 spiro atoms. The molecule has 18 heavy (non-hydrogen) atoms. The highest BCUT2D eigenvalue weighted by Gasteiger charge is 2.18. The van der Waals surface area contributed by atoms with Crippen LogP contribution in [0.3, 0.4) is 0 Å². The van der Waals surface area contributed by atoms with Crippen LogP contribution in [0, 0.1) is 0 Å². The van der Waals surface area contributed by atoms with Gasteiger partial charge in [0, 0.05) is 14.2 Å². The van der Waals surface area contributed by atoms with E-state index < -0.39 is 21.2 Å². The molecule has 2 unspecified atom stereocenters. The van der Waals surface area contributed by atoms with Gasteiger partial charge in [-0.15, -0.1) is 0 Å². The molecule has 0 heterocycles. The molecule has 0 bridgehead atoms. The minimum Gasteiger partial charge on any atom is -0.756 e. The van der Waals surface area contributed by atoms with Crippen LogP contribution in [0.5, 0.6) is 0 Å². The minimum atomic E-state index is -4.04. The van der Waals surface area contributed by atoms with Crippen molar-refractivity contribution in [2.45, 2.75) is 33.3 Å². The molecular formula is C8H20O8P2-2. The second-order valence-corrected chi connectivity index (χ2v) is 6.84. The smallest absolute Gasteiger partial charge is 0.268 e. The van der Waals surface area contributed by atoms with Crippen LogP contribution in [0.4, 0.5) is 0 Å². The third kappa shape index (κ3) is 14.3. The Hall–Kier alpha value is 0.220. The summed E-state index contributed by atoms with van der Waals surface area (Å²) in [4.78, 5) is 20.8. The Bertz CT molecular complexity index is 311. The molecular weight excluding hydrogens is 286 g/mol. The molecule has 0 amide bonds. The lowest BCUT2D eigenvalue weighted by atomic mass is 10.2. The van der Waals surface area contributed by atoms with Crippen molar-refractivity contribution in [2.75, 3.05) is 20.8 Å². The van der Waals surface area contributed by atoms with Gasteiger partial charge in [0.15, 0.2) is 0 Å². The molecule has 0 aromatic heterocycles. The number of phosphoric ester groups is 2. The van der Waals surface area contributed by atoms with Gasteiger partial charge in [-0.2, -0.15) is 0 Å². The largest absolute Gasteiger partial charge is 0.756 e. The lowest BCUT2D eigenvalue weighted by molar-refractivity contribution is -0.231. The highest BCUT2D eigenvalue weighted by atomic mass is 31.2. The zero-order valence-corrected chi connectivity index (χ0v) is 13.2. The Balaban J connectivity index is 0. The Labute approximate surface area is 107 Å². The quantitative estimate of drug-likeness (QED) is 0.692. The summed E-state index contributed by atoms with van der Waals surface area (Å²) in [5.74, 6) is 0. The molecule has 8 nitrogen and oxygen atoms in total. The van der Waals surface area contributed by atoms with Crippen LogP contribution < -0.4 is 9.79 Å². The summed E-state index contributed by atoms with van der Waals surface area (Å²) in [6.07, 6.45) is 0. The maximum Gasteiger partial charge on any atom is 0.268 e. The van der Waals surface area contributed by atoms with Crippen LogP contribution in [0.1, 0.15) is 27.7 Å². The molecule has 0 rings (SSSR count). The monoisotopic (exact) mass is 306 g/mol. The molecule has 10 heteroatoms. The lowest BCUT2D eigenvalue weighted by Gasteiger charge is -2.29.